The van der Waals surface area contributed by atoms with Crippen molar-refractivity contribution in [3.8, 4) is 17.4 Å². The number of hydrazone groups is 1. The summed E-state index contributed by atoms with van der Waals surface area (Å²) in [5, 5.41) is 24.0. The number of benzene rings is 1. The van der Waals surface area contributed by atoms with E-state index in [2.05, 4.69) is 10.5 Å². The van der Waals surface area contributed by atoms with Gasteiger partial charge in [-0.2, -0.15) is 10.4 Å². The van der Waals surface area contributed by atoms with E-state index in [1.807, 2.05) is 6.07 Å². The molecule has 3 N–H and O–H groups in total. The number of rotatable bonds is 5. The normalized spacial score (nSPS) is 10.7. The predicted octanol–water partition coefficient (Wildman–Crippen LogP) is 3.44. The maximum Gasteiger partial charge on any atom is 0.281 e. The Morgan fingerprint density at radius 1 is 1.43 bits per heavy atom. The monoisotopic (exact) mass is 395 g/mol. The summed E-state index contributed by atoms with van der Waals surface area (Å²) in [5.41, 5.74) is 9.36. The molecule has 1 amide bonds. The van der Waals surface area contributed by atoms with Gasteiger partial charge in [-0.3, -0.25) is 14.9 Å². The van der Waals surface area contributed by atoms with Gasteiger partial charge in [0.2, 0.25) is 0 Å². The van der Waals surface area contributed by atoms with Gasteiger partial charge in [0.05, 0.1) is 16.7 Å². The molecule has 0 fully saturated rings. The van der Waals surface area contributed by atoms with Gasteiger partial charge in [0.15, 0.2) is 0 Å². The molecule has 0 aliphatic heterocycles. The molecule has 3 aromatic rings. The first-order valence-electron chi connectivity index (χ1n) is 7.87. The van der Waals surface area contributed by atoms with E-state index in [9.17, 15) is 14.9 Å². The molecule has 0 radical (unpaired) electrons. The number of hydrogen-bond acceptors (Lipinski definition) is 8. The molecule has 0 saturated heterocycles. The summed E-state index contributed by atoms with van der Waals surface area (Å²) in [7, 11) is 0. The van der Waals surface area contributed by atoms with Gasteiger partial charge in [0, 0.05) is 17.7 Å². The lowest BCUT2D eigenvalue weighted by Crippen LogP contribution is -2.17. The third-order valence-electron chi connectivity index (χ3n) is 3.82. The van der Waals surface area contributed by atoms with E-state index in [4.69, 9.17) is 15.4 Å². The van der Waals surface area contributed by atoms with Crippen LogP contribution in [0, 0.1) is 28.4 Å². The smallest absolute Gasteiger partial charge is 0.281 e. The molecule has 1 aromatic carbocycles. The van der Waals surface area contributed by atoms with E-state index in [0.29, 0.717) is 27.5 Å². The summed E-state index contributed by atoms with van der Waals surface area (Å²) in [4.78, 5) is 22.9. The van der Waals surface area contributed by atoms with Crippen LogP contribution in [0.3, 0.4) is 0 Å². The number of carbonyl (C=O) groups is 1. The van der Waals surface area contributed by atoms with Gasteiger partial charge < -0.3 is 10.2 Å². The SMILES string of the molecule is Cc1c(C(=O)NN=Cc2ccc(-c3cccc([N+](=O)[O-])c3)o2)sc(N)c1C#N. The van der Waals surface area contributed by atoms with Crippen LogP contribution >= 0.6 is 11.3 Å². The van der Waals surface area contributed by atoms with Crippen LogP contribution in [0.2, 0.25) is 0 Å². The molecule has 0 bridgehead atoms. The molecule has 3 rings (SSSR count). The standard InChI is InChI=1S/C18H13N5O4S/c1-10-14(8-19)17(20)28-16(10)18(24)22-21-9-13-5-6-15(27-13)11-3-2-4-12(7-11)23(25)26/h2-7,9H,20H2,1H3,(H,22,24). The van der Waals surface area contributed by atoms with Crippen LogP contribution in [0.4, 0.5) is 10.7 Å². The summed E-state index contributed by atoms with van der Waals surface area (Å²) < 4.78 is 5.57. The summed E-state index contributed by atoms with van der Waals surface area (Å²) in [6.07, 6.45) is 1.30. The molecule has 0 aliphatic carbocycles. The van der Waals surface area contributed by atoms with Crippen molar-refractivity contribution in [3.05, 3.63) is 68.3 Å². The Morgan fingerprint density at radius 3 is 2.89 bits per heavy atom. The number of anilines is 1. The van der Waals surface area contributed by atoms with Gasteiger partial charge in [-0.1, -0.05) is 12.1 Å². The second-order valence-corrected chi connectivity index (χ2v) is 6.67. The average Bonchev–Trinajstić information content (AvgIpc) is 3.26. The minimum Gasteiger partial charge on any atom is -0.455 e. The Balaban J connectivity index is 1.71. The maximum atomic E-state index is 12.2. The third-order valence-corrected chi connectivity index (χ3v) is 4.94. The highest BCUT2D eigenvalue weighted by Gasteiger charge is 2.18. The van der Waals surface area contributed by atoms with E-state index in [-0.39, 0.29) is 16.3 Å². The summed E-state index contributed by atoms with van der Waals surface area (Å²) in [6.45, 7) is 1.64. The number of non-ortho nitro benzene ring substituents is 1. The fraction of sp³-hybridized carbons (Fsp3) is 0.0556. The van der Waals surface area contributed by atoms with Gasteiger partial charge in [-0.25, -0.2) is 5.43 Å². The van der Waals surface area contributed by atoms with Crippen LogP contribution < -0.4 is 11.2 Å². The molecule has 0 unspecified atom stereocenters. The lowest BCUT2D eigenvalue weighted by atomic mass is 10.1. The van der Waals surface area contributed by atoms with Gasteiger partial charge in [-0.15, -0.1) is 11.3 Å². The molecule has 0 aliphatic rings. The largest absolute Gasteiger partial charge is 0.455 e. The lowest BCUT2D eigenvalue weighted by molar-refractivity contribution is -0.384. The number of hydrogen-bond donors (Lipinski definition) is 2. The molecule has 0 atom stereocenters. The number of nitro benzene ring substituents is 1. The van der Waals surface area contributed by atoms with E-state index in [0.717, 1.165) is 11.3 Å². The number of thiophene rings is 1. The number of nitrogens with one attached hydrogen (secondary N) is 1. The molecule has 0 spiro atoms. The minimum absolute atomic E-state index is 0.0429. The fourth-order valence-electron chi connectivity index (χ4n) is 2.45. The Kier molecular flexibility index (Phi) is 5.19. The van der Waals surface area contributed by atoms with E-state index >= 15 is 0 Å². The van der Waals surface area contributed by atoms with Crippen molar-refractivity contribution in [3.63, 3.8) is 0 Å². The van der Waals surface area contributed by atoms with Crippen LogP contribution in [0.5, 0.6) is 0 Å². The first kappa shape index (κ1) is 18.8. The second-order valence-electron chi connectivity index (χ2n) is 5.62. The van der Waals surface area contributed by atoms with Crippen molar-refractivity contribution < 1.29 is 14.1 Å². The average molecular weight is 395 g/mol. The van der Waals surface area contributed by atoms with Gasteiger partial charge in [-0.05, 0) is 24.6 Å². The summed E-state index contributed by atoms with van der Waals surface area (Å²) in [5.74, 6) is 0.288. The number of furan rings is 1. The molecular weight excluding hydrogens is 382 g/mol. The van der Waals surface area contributed by atoms with Gasteiger partial charge in [0.25, 0.3) is 11.6 Å². The molecule has 9 nitrogen and oxygen atoms in total. The van der Waals surface area contributed by atoms with Crippen molar-refractivity contribution in [1.29, 1.82) is 5.26 Å². The Morgan fingerprint density at radius 2 is 2.21 bits per heavy atom. The van der Waals surface area contributed by atoms with Crippen molar-refractivity contribution in [2.75, 3.05) is 5.73 Å². The van der Waals surface area contributed by atoms with Gasteiger partial charge in [0.1, 0.15) is 27.5 Å². The Bertz CT molecular complexity index is 1140. The topological polar surface area (TPSA) is 148 Å². The number of nitro groups is 1. The minimum atomic E-state index is -0.489. The van der Waals surface area contributed by atoms with Crippen LogP contribution in [-0.2, 0) is 0 Å². The van der Waals surface area contributed by atoms with E-state index in [1.54, 1.807) is 31.2 Å². The number of nitriles is 1. The predicted molar refractivity (Wildman–Crippen MR) is 104 cm³/mol. The number of nitrogens with zero attached hydrogens (tertiary/aromatic N) is 3. The molecule has 140 valence electrons. The van der Waals surface area contributed by atoms with E-state index < -0.39 is 10.8 Å². The number of carbonyl (C=O) groups excluding carboxylic acids is 1. The summed E-state index contributed by atoms with van der Waals surface area (Å²) in [6, 6.07) is 11.3. The van der Waals surface area contributed by atoms with Crippen molar-refractivity contribution in [2.24, 2.45) is 5.10 Å². The molecule has 2 heterocycles. The molecule has 0 saturated carbocycles. The van der Waals surface area contributed by atoms with Crippen molar-refractivity contribution >= 4 is 34.1 Å². The van der Waals surface area contributed by atoms with Crippen LogP contribution in [0.1, 0.15) is 26.6 Å². The molecule has 28 heavy (non-hydrogen) atoms. The summed E-state index contributed by atoms with van der Waals surface area (Å²) >= 11 is 1.02. The quantitative estimate of drug-likeness (QED) is 0.384. The zero-order chi connectivity index (χ0) is 20.3. The first-order valence-corrected chi connectivity index (χ1v) is 8.69. The van der Waals surface area contributed by atoms with Crippen LogP contribution in [0.15, 0.2) is 45.9 Å². The highest BCUT2D eigenvalue weighted by Crippen LogP contribution is 2.29. The maximum absolute atomic E-state index is 12.2. The third kappa shape index (κ3) is 3.74. The Labute approximate surface area is 162 Å². The van der Waals surface area contributed by atoms with Crippen LogP contribution in [-0.4, -0.2) is 17.0 Å². The lowest BCUT2D eigenvalue weighted by Gasteiger charge is -1.98. The first-order chi connectivity index (χ1) is 13.4. The molecule has 2 aromatic heterocycles. The zero-order valence-electron chi connectivity index (χ0n) is 14.5. The van der Waals surface area contributed by atoms with Gasteiger partial charge >= 0.3 is 0 Å². The zero-order valence-corrected chi connectivity index (χ0v) is 15.3. The number of nitrogen functional groups attached to an aromatic ring is 1. The molecule has 10 heteroatoms. The van der Waals surface area contributed by atoms with Crippen LogP contribution in [0.25, 0.3) is 11.3 Å². The number of amides is 1. The molecular formula is C18H13N5O4S. The van der Waals surface area contributed by atoms with E-state index in [1.165, 1.54) is 18.3 Å². The van der Waals surface area contributed by atoms with Crippen molar-refractivity contribution in [1.82, 2.24) is 5.43 Å². The highest BCUT2D eigenvalue weighted by atomic mass is 32.1. The van der Waals surface area contributed by atoms with Crippen molar-refractivity contribution in [2.45, 2.75) is 6.92 Å². The second kappa shape index (κ2) is 7.73. The fourth-order valence-corrected chi connectivity index (χ4v) is 3.36. The number of nitrogens with two attached hydrogens (primary N) is 1. The highest BCUT2D eigenvalue weighted by molar-refractivity contribution is 7.18. The Hall–Kier alpha value is -3.97.